The molecule has 0 radical (unpaired) electrons. The SMILES string of the molecule is CN(C(=O)C1CC1)[C@@H](Cc1ccc(F)cc1F)C1CCN(C(=O)c2n[nH]c3c2CCC3)CC1. The minimum Gasteiger partial charge on any atom is -0.342 e. The average molecular weight is 457 g/mol. The molecule has 0 spiro atoms. The lowest BCUT2D eigenvalue weighted by molar-refractivity contribution is -0.134. The van der Waals surface area contributed by atoms with Crippen molar-refractivity contribution in [3.8, 4) is 0 Å². The standard InChI is InChI=1S/C25H30F2N4O2/c1-30(24(32)16-5-6-16)22(13-17-7-8-18(26)14-20(17)27)15-9-11-31(12-10-15)25(33)23-19-3-2-4-21(19)28-29-23/h7-8,14-16,22H,2-6,9-13H2,1H3,(H,28,29)/t22-/m0/s1. The summed E-state index contributed by atoms with van der Waals surface area (Å²) in [6.07, 6.45) is 6.50. The highest BCUT2D eigenvalue weighted by Gasteiger charge is 2.39. The first-order chi connectivity index (χ1) is 15.9. The molecule has 1 aliphatic heterocycles. The molecule has 2 heterocycles. The summed E-state index contributed by atoms with van der Waals surface area (Å²) < 4.78 is 27.9. The third kappa shape index (κ3) is 4.39. The molecule has 176 valence electrons. The van der Waals surface area contributed by atoms with Gasteiger partial charge in [0.1, 0.15) is 11.6 Å². The molecule has 5 rings (SSSR count). The van der Waals surface area contributed by atoms with Gasteiger partial charge in [-0.1, -0.05) is 6.07 Å². The van der Waals surface area contributed by atoms with E-state index in [0.29, 0.717) is 30.8 Å². The molecular formula is C25H30F2N4O2. The molecule has 1 aromatic heterocycles. The third-order valence-corrected chi connectivity index (χ3v) is 7.60. The maximum atomic E-state index is 14.4. The second-order valence-electron chi connectivity index (χ2n) is 9.74. The van der Waals surface area contributed by atoms with Crippen LogP contribution in [0.3, 0.4) is 0 Å². The highest BCUT2D eigenvalue weighted by molar-refractivity contribution is 5.94. The van der Waals surface area contributed by atoms with Crippen LogP contribution in [0.2, 0.25) is 0 Å². The zero-order valence-electron chi connectivity index (χ0n) is 18.9. The van der Waals surface area contributed by atoms with E-state index in [1.807, 2.05) is 4.90 Å². The second kappa shape index (κ2) is 8.88. The number of hydrogen-bond donors (Lipinski definition) is 1. The number of piperidine rings is 1. The quantitative estimate of drug-likeness (QED) is 0.723. The Morgan fingerprint density at radius 3 is 2.64 bits per heavy atom. The average Bonchev–Trinajstić information content (AvgIpc) is 3.43. The number of likely N-dealkylation sites (tertiary alicyclic amines) is 1. The lowest BCUT2D eigenvalue weighted by Gasteiger charge is -2.40. The fourth-order valence-electron chi connectivity index (χ4n) is 5.45. The Labute approximate surface area is 192 Å². The van der Waals surface area contributed by atoms with Crippen molar-refractivity contribution in [3.63, 3.8) is 0 Å². The minimum absolute atomic E-state index is 0.0311. The van der Waals surface area contributed by atoms with Gasteiger partial charge in [-0.05, 0) is 68.9 Å². The number of nitrogens with zero attached hydrogens (tertiary/aromatic N) is 3. The number of H-pyrrole nitrogens is 1. The van der Waals surface area contributed by atoms with E-state index in [2.05, 4.69) is 10.2 Å². The molecule has 2 fully saturated rings. The van der Waals surface area contributed by atoms with Crippen LogP contribution in [0.1, 0.15) is 59.4 Å². The van der Waals surface area contributed by atoms with E-state index in [0.717, 1.165) is 62.3 Å². The zero-order valence-corrected chi connectivity index (χ0v) is 18.9. The Bertz CT molecular complexity index is 1060. The van der Waals surface area contributed by atoms with E-state index in [1.54, 1.807) is 11.9 Å². The molecule has 1 saturated carbocycles. The van der Waals surface area contributed by atoms with E-state index in [1.165, 1.54) is 12.1 Å². The first kappa shape index (κ1) is 22.0. The molecule has 33 heavy (non-hydrogen) atoms. The van der Waals surface area contributed by atoms with Crippen LogP contribution in [0.15, 0.2) is 18.2 Å². The Morgan fingerprint density at radius 1 is 1.18 bits per heavy atom. The predicted molar refractivity (Wildman–Crippen MR) is 119 cm³/mol. The summed E-state index contributed by atoms with van der Waals surface area (Å²) in [7, 11) is 1.80. The topological polar surface area (TPSA) is 69.3 Å². The van der Waals surface area contributed by atoms with Crippen LogP contribution in [-0.4, -0.2) is 58.0 Å². The second-order valence-corrected chi connectivity index (χ2v) is 9.74. The van der Waals surface area contributed by atoms with E-state index < -0.39 is 11.6 Å². The van der Waals surface area contributed by atoms with E-state index in [9.17, 15) is 18.4 Å². The molecule has 2 amide bonds. The van der Waals surface area contributed by atoms with E-state index in [4.69, 9.17) is 0 Å². The van der Waals surface area contributed by atoms with Gasteiger partial charge < -0.3 is 9.80 Å². The van der Waals surface area contributed by atoms with Gasteiger partial charge in [0.25, 0.3) is 5.91 Å². The van der Waals surface area contributed by atoms with Gasteiger partial charge in [0.2, 0.25) is 5.91 Å². The van der Waals surface area contributed by atoms with Gasteiger partial charge in [-0.2, -0.15) is 5.10 Å². The third-order valence-electron chi connectivity index (χ3n) is 7.60. The number of aryl methyl sites for hydroxylation is 1. The molecule has 2 aliphatic carbocycles. The fraction of sp³-hybridized carbons (Fsp3) is 0.560. The van der Waals surface area contributed by atoms with Crippen molar-refractivity contribution in [2.75, 3.05) is 20.1 Å². The van der Waals surface area contributed by atoms with Crippen molar-refractivity contribution in [1.29, 1.82) is 0 Å². The number of rotatable bonds is 6. The Morgan fingerprint density at radius 2 is 1.94 bits per heavy atom. The summed E-state index contributed by atoms with van der Waals surface area (Å²) in [4.78, 5) is 29.6. The number of aromatic nitrogens is 2. The maximum absolute atomic E-state index is 14.4. The van der Waals surface area contributed by atoms with Crippen molar-refractivity contribution in [1.82, 2.24) is 20.0 Å². The van der Waals surface area contributed by atoms with Crippen LogP contribution < -0.4 is 0 Å². The molecule has 1 aromatic carbocycles. The summed E-state index contributed by atoms with van der Waals surface area (Å²) in [5.74, 6) is -0.904. The van der Waals surface area contributed by atoms with Gasteiger partial charge >= 0.3 is 0 Å². The smallest absolute Gasteiger partial charge is 0.274 e. The summed E-state index contributed by atoms with van der Waals surface area (Å²) in [6.45, 7) is 1.16. The highest BCUT2D eigenvalue weighted by Crippen LogP contribution is 2.35. The number of benzene rings is 1. The molecule has 0 bridgehead atoms. The highest BCUT2D eigenvalue weighted by atomic mass is 19.1. The number of amides is 2. The Balaban J connectivity index is 1.29. The van der Waals surface area contributed by atoms with Crippen molar-refractivity contribution < 1.29 is 18.4 Å². The van der Waals surface area contributed by atoms with Crippen LogP contribution in [0.25, 0.3) is 0 Å². The lowest BCUT2D eigenvalue weighted by atomic mass is 9.84. The number of carbonyl (C=O) groups is 2. The van der Waals surface area contributed by atoms with Crippen molar-refractivity contribution in [2.24, 2.45) is 11.8 Å². The van der Waals surface area contributed by atoms with Crippen molar-refractivity contribution in [3.05, 3.63) is 52.3 Å². The lowest BCUT2D eigenvalue weighted by Crippen LogP contribution is -2.49. The number of aromatic amines is 1. The van der Waals surface area contributed by atoms with Crippen LogP contribution >= 0.6 is 0 Å². The first-order valence-electron chi connectivity index (χ1n) is 12.0. The summed E-state index contributed by atoms with van der Waals surface area (Å²) in [5.41, 5.74) is 3.10. The normalized spacial score (nSPS) is 19.4. The van der Waals surface area contributed by atoms with Gasteiger partial charge in [-0.3, -0.25) is 14.7 Å². The van der Waals surface area contributed by atoms with E-state index in [-0.39, 0.29) is 29.7 Å². The zero-order chi connectivity index (χ0) is 23.1. The van der Waals surface area contributed by atoms with Crippen LogP contribution in [0.4, 0.5) is 8.78 Å². The number of hydrogen-bond acceptors (Lipinski definition) is 3. The van der Waals surface area contributed by atoms with Crippen LogP contribution in [0.5, 0.6) is 0 Å². The van der Waals surface area contributed by atoms with Gasteiger partial charge in [-0.15, -0.1) is 0 Å². The molecule has 1 atom stereocenters. The molecule has 8 heteroatoms. The largest absolute Gasteiger partial charge is 0.342 e. The first-order valence-corrected chi connectivity index (χ1v) is 12.0. The van der Waals surface area contributed by atoms with Gasteiger partial charge in [0, 0.05) is 49.4 Å². The van der Waals surface area contributed by atoms with Gasteiger partial charge in [0.05, 0.1) is 0 Å². The summed E-state index contributed by atoms with van der Waals surface area (Å²) in [6, 6.07) is 3.45. The van der Waals surface area contributed by atoms with Crippen molar-refractivity contribution >= 4 is 11.8 Å². The molecule has 0 unspecified atom stereocenters. The number of nitrogens with one attached hydrogen (secondary N) is 1. The Kier molecular flexibility index (Phi) is 5.93. The summed E-state index contributed by atoms with van der Waals surface area (Å²) in [5, 5.41) is 7.29. The molecule has 6 nitrogen and oxygen atoms in total. The van der Waals surface area contributed by atoms with Crippen LogP contribution in [-0.2, 0) is 24.1 Å². The summed E-state index contributed by atoms with van der Waals surface area (Å²) >= 11 is 0. The van der Waals surface area contributed by atoms with Gasteiger partial charge in [-0.25, -0.2) is 8.78 Å². The monoisotopic (exact) mass is 456 g/mol. The van der Waals surface area contributed by atoms with Crippen molar-refractivity contribution in [2.45, 2.75) is 57.4 Å². The maximum Gasteiger partial charge on any atom is 0.274 e. The van der Waals surface area contributed by atoms with Gasteiger partial charge in [0.15, 0.2) is 5.69 Å². The van der Waals surface area contributed by atoms with E-state index >= 15 is 0 Å². The molecule has 1 saturated heterocycles. The number of carbonyl (C=O) groups excluding carboxylic acids is 2. The molecule has 3 aliphatic rings. The predicted octanol–water partition coefficient (Wildman–Crippen LogP) is 3.51. The Hall–Kier alpha value is -2.77. The molecular weight excluding hydrogens is 426 g/mol. The number of fused-ring (bicyclic) bond motifs is 1. The minimum atomic E-state index is -0.605. The number of likely N-dealkylation sites (N-methyl/N-ethyl adjacent to an activating group) is 1. The molecule has 2 aromatic rings. The fourth-order valence-corrected chi connectivity index (χ4v) is 5.45. The number of halogens is 2. The molecule has 1 N–H and O–H groups in total. The van der Waals surface area contributed by atoms with Crippen LogP contribution in [0, 0.1) is 23.5 Å².